The largest absolute Gasteiger partial charge is 0.433 e. The molecule has 1 N–H and O–H groups in total. The number of pyridine rings is 1. The molecule has 12 heteroatoms. The van der Waals surface area contributed by atoms with E-state index in [2.05, 4.69) is 25.5 Å². The van der Waals surface area contributed by atoms with E-state index in [-0.39, 0.29) is 10.8 Å². The quantitative estimate of drug-likeness (QED) is 0.484. The Hall–Kier alpha value is -3.47. The average molecular weight is 476 g/mol. The summed E-state index contributed by atoms with van der Waals surface area (Å²) in [4.78, 5) is 21.0. The number of nitrogens with zero attached hydrogens (tertiary/aromatic N) is 6. The summed E-state index contributed by atoms with van der Waals surface area (Å²) in [5.41, 5.74) is 1.01. The van der Waals surface area contributed by atoms with Gasteiger partial charge in [0.05, 0.1) is 17.8 Å². The van der Waals surface area contributed by atoms with Crippen LogP contribution >= 0.6 is 11.6 Å². The molecule has 1 amide bonds. The van der Waals surface area contributed by atoms with Gasteiger partial charge < -0.3 is 5.32 Å². The van der Waals surface area contributed by atoms with Crippen molar-refractivity contribution in [3.8, 4) is 0 Å². The van der Waals surface area contributed by atoms with E-state index in [9.17, 15) is 18.0 Å². The van der Waals surface area contributed by atoms with Gasteiger partial charge in [-0.2, -0.15) is 23.4 Å². The standard InChI is InChI=1S/C21H17ClF3N7O/c1-20(11-8-28-31(2)10-11)7-13(14-9-27-17-6-16(22)30-32(17)18(14)20)19(33)29-12-3-4-26-15(5-12)21(23,24)25/h3-6,8-10,13H,7H2,1-2H3,(H,26,29,33)/t13-,20+/m1/s1. The molecule has 4 heterocycles. The predicted molar refractivity (Wildman–Crippen MR) is 113 cm³/mol. The number of nitrogens with one attached hydrogen (secondary N) is 1. The van der Waals surface area contributed by atoms with Gasteiger partial charge in [0.15, 0.2) is 10.8 Å². The summed E-state index contributed by atoms with van der Waals surface area (Å²) in [5.74, 6) is -1.14. The zero-order valence-electron chi connectivity index (χ0n) is 17.4. The third-order valence-electron chi connectivity index (χ3n) is 5.97. The van der Waals surface area contributed by atoms with Gasteiger partial charge in [0, 0.05) is 53.9 Å². The summed E-state index contributed by atoms with van der Waals surface area (Å²) in [6.07, 6.45) is 1.92. The van der Waals surface area contributed by atoms with Crippen molar-refractivity contribution in [3.05, 3.63) is 70.7 Å². The fourth-order valence-corrected chi connectivity index (χ4v) is 4.60. The van der Waals surface area contributed by atoms with Crippen molar-refractivity contribution in [2.75, 3.05) is 5.32 Å². The lowest BCUT2D eigenvalue weighted by Crippen LogP contribution is -2.25. The second-order valence-electron chi connectivity index (χ2n) is 8.21. The number of carbonyl (C=O) groups is 1. The Kier molecular flexibility index (Phi) is 4.71. The summed E-state index contributed by atoms with van der Waals surface area (Å²) in [6, 6.07) is 3.75. The Morgan fingerprint density at radius 3 is 2.76 bits per heavy atom. The molecule has 0 aliphatic heterocycles. The van der Waals surface area contributed by atoms with Crippen molar-refractivity contribution in [2.24, 2.45) is 7.05 Å². The van der Waals surface area contributed by atoms with Gasteiger partial charge in [-0.1, -0.05) is 11.6 Å². The highest BCUT2D eigenvalue weighted by atomic mass is 35.5. The Morgan fingerprint density at radius 2 is 2.06 bits per heavy atom. The van der Waals surface area contributed by atoms with Crippen molar-refractivity contribution < 1.29 is 18.0 Å². The summed E-state index contributed by atoms with van der Waals surface area (Å²) >= 11 is 6.12. The van der Waals surface area contributed by atoms with E-state index < -0.39 is 29.1 Å². The molecule has 0 saturated heterocycles. The van der Waals surface area contributed by atoms with Gasteiger partial charge in [0.25, 0.3) is 0 Å². The molecule has 4 aromatic rings. The number of aryl methyl sites for hydroxylation is 1. The monoisotopic (exact) mass is 475 g/mol. The number of carbonyl (C=O) groups excluding carboxylic acids is 1. The van der Waals surface area contributed by atoms with E-state index in [0.717, 1.165) is 23.5 Å². The predicted octanol–water partition coefficient (Wildman–Crippen LogP) is 3.96. The van der Waals surface area contributed by atoms with Crippen LogP contribution in [-0.4, -0.2) is 35.3 Å². The number of fused-ring (bicyclic) bond motifs is 3. The normalized spacial score (nSPS) is 20.2. The molecule has 0 radical (unpaired) electrons. The second kappa shape index (κ2) is 7.27. The van der Waals surface area contributed by atoms with Crippen LogP contribution in [-0.2, 0) is 23.4 Å². The van der Waals surface area contributed by atoms with E-state index in [4.69, 9.17) is 11.6 Å². The van der Waals surface area contributed by atoms with Gasteiger partial charge in [-0.3, -0.25) is 14.5 Å². The van der Waals surface area contributed by atoms with E-state index in [1.165, 1.54) is 6.07 Å². The lowest BCUT2D eigenvalue weighted by atomic mass is 9.80. The first-order valence-corrected chi connectivity index (χ1v) is 10.3. The Labute approximate surface area is 190 Å². The number of amides is 1. The molecule has 0 unspecified atom stereocenters. The van der Waals surface area contributed by atoms with E-state index in [1.807, 2.05) is 13.1 Å². The summed E-state index contributed by atoms with van der Waals surface area (Å²) in [7, 11) is 1.79. The minimum absolute atomic E-state index is 0.00928. The molecule has 170 valence electrons. The minimum Gasteiger partial charge on any atom is -0.325 e. The lowest BCUT2D eigenvalue weighted by molar-refractivity contribution is -0.141. The number of alkyl halides is 3. The van der Waals surface area contributed by atoms with Crippen LogP contribution in [0.1, 0.15) is 41.8 Å². The maximum atomic E-state index is 13.3. The third kappa shape index (κ3) is 3.52. The summed E-state index contributed by atoms with van der Waals surface area (Å²) in [6.45, 7) is 1.97. The SMILES string of the molecule is Cn1cc([C@]2(C)C[C@@H](C(=O)Nc3ccnc(C(F)(F)F)c3)c3cnc4cc(Cl)nn4c32)cn1. The van der Waals surface area contributed by atoms with Gasteiger partial charge in [-0.15, -0.1) is 0 Å². The lowest BCUT2D eigenvalue weighted by Gasteiger charge is -2.24. The number of halogens is 4. The molecule has 0 bridgehead atoms. The number of hydrogen-bond acceptors (Lipinski definition) is 5. The number of anilines is 1. The van der Waals surface area contributed by atoms with Gasteiger partial charge in [-0.05, 0) is 25.5 Å². The maximum absolute atomic E-state index is 13.3. The molecule has 2 atom stereocenters. The zero-order valence-corrected chi connectivity index (χ0v) is 18.2. The zero-order chi connectivity index (χ0) is 23.5. The van der Waals surface area contributed by atoms with Crippen LogP contribution in [0.25, 0.3) is 5.65 Å². The second-order valence-corrected chi connectivity index (χ2v) is 8.59. The first-order valence-electron chi connectivity index (χ1n) is 9.94. The van der Waals surface area contributed by atoms with Crippen molar-refractivity contribution in [1.29, 1.82) is 0 Å². The molecular weight excluding hydrogens is 459 g/mol. The fourth-order valence-electron chi connectivity index (χ4n) is 4.43. The first kappa shape index (κ1) is 21.4. The maximum Gasteiger partial charge on any atom is 0.433 e. The Balaban J connectivity index is 1.58. The molecule has 1 aliphatic carbocycles. The van der Waals surface area contributed by atoms with E-state index in [1.54, 1.807) is 34.7 Å². The van der Waals surface area contributed by atoms with Crippen molar-refractivity contribution in [2.45, 2.75) is 30.9 Å². The molecule has 0 saturated carbocycles. The highest BCUT2D eigenvalue weighted by molar-refractivity contribution is 6.29. The highest BCUT2D eigenvalue weighted by Gasteiger charge is 2.47. The molecule has 5 rings (SSSR count). The van der Waals surface area contributed by atoms with Crippen molar-refractivity contribution in [1.82, 2.24) is 29.4 Å². The molecular formula is C21H17ClF3N7O. The topological polar surface area (TPSA) is 90.0 Å². The summed E-state index contributed by atoms with van der Waals surface area (Å²) < 4.78 is 42.4. The van der Waals surface area contributed by atoms with Crippen LogP contribution in [0.4, 0.5) is 18.9 Å². The number of hydrogen-bond donors (Lipinski definition) is 1. The van der Waals surface area contributed by atoms with E-state index in [0.29, 0.717) is 17.6 Å². The van der Waals surface area contributed by atoms with E-state index >= 15 is 0 Å². The third-order valence-corrected chi connectivity index (χ3v) is 6.15. The Bertz CT molecular complexity index is 1400. The number of rotatable bonds is 3. The molecule has 1 aliphatic rings. The van der Waals surface area contributed by atoms with Crippen molar-refractivity contribution >= 4 is 28.8 Å². The van der Waals surface area contributed by atoms with Gasteiger partial charge in [0.1, 0.15) is 5.69 Å². The molecule has 0 spiro atoms. The smallest absolute Gasteiger partial charge is 0.325 e. The van der Waals surface area contributed by atoms with Gasteiger partial charge >= 0.3 is 6.18 Å². The first-order chi connectivity index (χ1) is 15.6. The van der Waals surface area contributed by atoms with Crippen LogP contribution < -0.4 is 5.32 Å². The molecule has 33 heavy (non-hydrogen) atoms. The van der Waals surface area contributed by atoms with Crippen LogP contribution in [0, 0.1) is 0 Å². The number of aromatic nitrogens is 6. The van der Waals surface area contributed by atoms with Crippen molar-refractivity contribution in [3.63, 3.8) is 0 Å². The summed E-state index contributed by atoms with van der Waals surface area (Å²) in [5, 5.41) is 11.5. The van der Waals surface area contributed by atoms with Crippen LogP contribution in [0.3, 0.4) is 0 Å². The fraction of sp³-hybridized carbons (Fsp3) is 0.286. The van der Waals surface area contributed by atoms with Gasteiger partial charge in [-0.25, -0.2) is 9.50 Å². The highest BCUT2D eigenvalue weighted by Crippen LogP contribution is 2.50. The molecule has 0 fully saturated rings. The molecule has 0 aromatic carbocycles. The molecule has 4 aromatic heterocycles. The van der Waals surface area contributed by atoms with Crippen LogP contribution in [0.15, 0.2) is 43.0 Å². The molecule has 8 nitrogen and oxygen atoms in total. The minimum atomic E-state index is -4.62. The average Bonchev–Trinajstić information content (AvgIpc) is 3.43. The van der Waals surface area contributed by atoms with Crippen LogP contribution in [0.2, 0.25) is 5.15 Å². The van der Waals surface area contributed by atoms with Gasteiger partial charge in [0.2, 0.25) is 5.91 Å². The Morgan fingerprint density at radius 1 is 1.27 bits per heavy atom. The van der Waals surface area contributed by atoms with Crippen LogP contribution in [0.5, 0.6) is 0 Å².